The fourth-order valence-corrected chi connectivity index (χ4v) is 1.51. The van der Waals surface area contributed by atoms with Gasteiger partial charge in [0.05, 0.1) is 0 Å². The summed E-state index contributed by atoms with van der Waals surface area (Å²) in [4.78, 5) is 10.6. The Labute approximate surface area is 68.1 Å². The number of hydrogen-bond acceptors (Lipinski definition) is 2. The molecule has 0 unspecified atom stereocenters. The molecule has 1 saturated heterocycles. The molecule has 52 valence electrons. The molecule has 9 heavy (non-hydrogen) atoms. The molecule has 2 nitrogen and oxygen atoms in total. The van der Waals surface area contributed by atoms with Crippen molar-refractivity contribution in [2.24, 2.45) is 0 Å². The minimum Gasteiger partial charge on any atom is -0.462 e. The van der Waals surface area contributed by atoms with Crippen molar-refractivity contribution in [2.45, 2.75) is 25.4 Å². The number of rotatable bonds is 1. The molecule has 0 bridgehead atoms. The lowest BCUT2D eigenvalue weighted by molar-refractivity contribution is -0.151. The van der Waals surface area contributed by atoms with Gasteiger partial charge in [-0.2, -0.15) is 0 Å². The molecule has 0 aromatic heterocycles. The third-order valence-electron chi connectivity index (χ3n) is 1.38. The zero-order valence-electron chi connectivity index (χ0n) is 5.10. The van der Waals surface area contributed by atoms with Crippen molar-refractivity contribution in [3.8, 4) is 0 Å². The lowest BCUT2D eigenvalue weighted by atomic mass is 10.1. The topological polar surface area (TPSA) is 26.3 Å². The molecule has 0 spiro atoms. The van der Waals surface area contributed by atoms with Crippen LogP contribution in [0.15, 0.2) is 0 Å². The van der Waals surface area contributed by atoms with Gasteiger partial charge in [0.15, 0.2) is 0 Å². The number of ether oxygens (including phenoxy) is 1. The largest absolute Gasteiger partial charge is 0.462 e. The highest BCUT2D eigenvalue weighted by atomic mass is 127. The Morgan fingerprint density at radius 2 is 2.56 bits per heavy atom. The summed E-state index contributed by atoms with van der Waals surface area (Å²) >= 11 is 2.24. The molecule has 1 heterocycles. The molecule has 0 radical (unpaired) electrons. The van der Waals surface area contributed by atoms with E-state index < -0.39 is 0 Å². The quantitative estimate of drug-likeness (QED) is 0.394. The summed E-state index contributed by atoms with van der Waals surface area (Å²) in [6, 6.07) is 0. The van der Waals surface area contributed by atoms with Crippen molar-refractivity contribution < 1.29 is 9.53 Å². The Hall–Kier alpha value is 0.200. The summed E-state index contributed by atoms with van der Waals surface area (Å²) in [5, 5.41) is 0. The van der Waals surface area contributed by atoms with E-state index in [-0.39, 0.29) is 12.1 Å². The van der Waals surface area contributed by atoms with Crippen LogP contribution in [-0.4, -0.2) is 16.5 Å². The van der Waals surface area contributed by atoms with Gasteiger partial charge in [0.1, 0.15) is 6.10 Å². The van der Waals surface area contributed by atoms with Crippen LogP contribution in [0.1, 0.15) is 19.3 Å². The van der Waals surface area contributed by atoms with Gasteiger partial charge < -0.3 is 4.74 Å². The molecule has 0 aliphatic carbocycles. The summed E-state index contributed by atoms with van der Waals surface area (Å²) < 4.78 is 5.92. The highest BCUT2D eigenvalue weighted by Gasteiger charge is 2.18. The number of alkyl halides is 1. The maximum absolute atomic E-state index is 10.6. The molecule has 1 atom stereocenters. The van der Waals surface area contributed by atoms with Crippen LogP contribution in [0.5, 0.6) is 0 Å². The normalized spacial score (nSPS) is 27.7. The summed E-state index contributed by atoms with van der Waals surface area (Å²) in [6.07, 6.45) is 2.88. The molecule has 0 aromatic carbocycles. The molecule has 1 aliphatic rings. The second-order valence-corrected chi connectivity index (χ2v) is 3.04. The summed E-state index contributed by atoms with van der Waals surface area (Å²) in [7, 11) is 0. The number of cyclic esters (lactones) is 1. The summed E-state index contributed by atoms with van der Waals surface area (Å²) in [5.74, 6) is -0.0251. The van der Waals surface area contributed by atoms with Crippen molar-refractivity contribution in [3.05, 3.63) is 0 Å². The van der Waals surface area contributed by atoms with Gasteiger partial charge in [-0.1, -0.05) is 22.6 Å². The van der Waals surface area contributed by atoms with Crippen molar-refractivity contribution in [1.82, 2.24) is 0 Å². The van der Waals surface area contributed by atoms with Crippen LogP contribution >= 0.6 is 22.6 Å². The molecular weight excluding hydrogens is 231 g/mol. The van der Waals surface area contributed by atoms with Crippen molar-refractivity contribution in [1.29, 1.82) is 0 Å². The second kappa shape index (κ2) is 3.39. The molecule has 0 saturated carbocycles. The fraction of sp³-hybridized carbons (Fsp3) is 0.833. The first-order valence-corrected chi connectivity index (χ1v) is 4.61. The third kappa shape index (κ3) is 2.12. The Morgan fingerprint density at radius 3 is 3.00 bits per heavy atom. The van der Waals surface area contributed by atoms with E-state index in [1.54, 1.807) is 0 Å². The van der Waals surface area contributed by atoms with E-state index in [0.717, 1.165) is 17.3 Å². The molecule has 1 rings (SSSR count). The first-order chi connectivity index (χ1) is 4.33. The van der Waals surface area contributed by atoms with E-state index in [1.807, 2.05) is 0 Å². The molecule has 1 aliphatic heterocycles. The zero-order chi connectivity index (χ0) is 6.69. The van der Waals surface area contributed by atoms with Crippen LogP contribution in [0.25, 0.3) is 0 Å². The maximum atomic E-state index is 10.6. The Morgan fingerprint density at radius 1 is 1.78 bits per heavy atom. The lowest BCUT2D eigenvalue weighted by Crippen LogP contribution is -2.24. The number of esters is 1. The van der Waals surface area contributed by atoms with Gasteiger partial charge in [-0.3, -0.25) is 4.79 Å². The van der Waals surface area contributed by atoms with Crippen molar-refractivity contribution in [3.63, 3.8) is 0 Å². The molecule has 0 N–H and O–H groups in total. The summed E-state index contributed by atoms with van der Waals surface area (Å²) in [5.41, 5.74) is 0. The number of carbonyl (C=O) groups is 1. The predicted octanol–water partition coefficient (Wildman–Crippen LogP) is 1.52. The van der Waals surface area contributed by atoms with Crippen LogP contribution in [-0.2, 0) is 9.53 Å². The number of carbonyl (C=O) groups excluding carboxylic acids is 1. The first kappa shape index (κ1) is 7.31. The average molecular weight is 240 g/mol. The number of hydrogen-bond donors (Lipinski definition) is 0. The van der Waals surface area contributed by atoms with Crippen LogP contribution in [0, 0.1) is 0 Å². The van der Waals surface area contributed by atoms with Crippen molar-refractivity contribution in [2.75, 3.05) is 4.43 Å². The SMILES string of the molecule is O=C1CCC[C@H](CI)O1. The monoisotopic (exact) mass is 240 g/mol. The highest BCUT2D eigenvalue weighted by Crippen LogP contribution is 2.15. The van der Waals surface area contributed by atoms with E-state index in [0.29, 0.717) is 6.42 Å². The minimum atomic E-state index is -0.0251. The molecule has 0 aromatic rings. The summed E-state index contributed by atoms with van der Waals surface area (Å²) in [6.45, 7) is 0. The van der Waals surface area contributed by atoms with Crippen LogP contribution in [0.2, 0.25) is 0 Å². The maximum Gasteiger partial charge on any atom is 0.306 e. The molecular formula is C6H9IO2. The van der Waals surface area contributed by atoms with E-state index in [1.165, 1.54) is 0 Å². The molecule has 1 fully saturated rings. The van der Waals surface area contributed by atoms with E-state index >= 15 is 0 Å². The van der Waals surface area contributed by atoms with Gasteiger partial charge in [0.25, 0.3) is 0 Å². The van der Waals surface area contributed by atoms with Crippen molar-refractivity contribution >= 4 is 28.6 Å². The van der Waals surface area contributed by atoms with Gasteiger partial charge in [-0.05, 0) is 12.8 Å². The predicted molar refractivity (Wildman–Crippen MR) is 42.6 cm³/mol. The van der Waals surface area contributed by atoms with E-state index in [9.17, 15) is 4.79 Å². The van der Waals surface area contributed by atoms with Crippen LogP contribution in [0.4, 0.5) is 0 Å². The second-order valence-electron chi connectivity index (χ2n) is 2.16. The standard InChI is InChI=1S/C6H9IO2/c7-4-5-2-1-3-6(8)9-5/h5H,1-4H2/t5-/m1/s1. The Bertz CT molecular complexity index is 114. The van der Waals surface area contributed by atoms with Gasteiger partial charge in [-0.15, -0.1) is 0 Å². The average Bonchev–Trinajstić information content (AvgIpc) is 1.88. The first-order valence-electron chi connectivity index (χ1n) is 3.08. The van der Waals surface area contributed by atoms with Crippen LogP contribution in [0.3, 0.4) is 0 Å². The van der Waals surface area contributed by atoms with Gasteiger partial charge in [0.2, 0.25) is 0 Å². The van der Waals surface area contributed by atoms with Gasteiger partial charge in [-0.25, -0.2) is 0 Å². The fourth-order valence-electron chi connectivity index (χ4n) is 0.886. The van der Waals surface area contributed by atoms with Gasteiger partial charge >= 0.3 is 5.97 Å². The van der Waals surface area contributed by atoms with Crippen LogP contribution < -0.4 is 0 Å². The Balaban J connectivity index is 2.32. The highest BCUT2D eigenvalue weighted by molar-refractivity contribution is 14.1. The van der Waals surface area contributed by atoms with Gasteiger partial charge in [0, 0.05) is 10.8 Å². The van der Waals surface area contributed by atoms with E-state index in [4.69, 9.17) is 4.74 Å². The Kier molecular flexibility index (Phi) is 2.75. The smallest absolute Gasteiger partial charge is 0.306 e. The van der Waals surface area contributed by atoms with E-state index in [2.05, 4.69) is 22.6 Å². The zero-order valence-corrected chi connectivity index (χ0v) is 7.26. The lowest BCUT2D eigenvalue weighted by Gasteiger charge is -2.19. The number of halogens is 1. The molecule has 0 amide bonds. The minimum absolute atomic E-state index is 0.0251. The molecule has 3 heteroatoms. The third-order valence-corrected chi connectivity index (χ3v) is 2.36.